The summed E-state index contributed by atoms with van der Waals surface area (Å²) in [6, 6.07) is 7.94. The smallest absolute Gasteiger partial charge is 0.168 e. The Morgan fingerprint density at radius 2 is 2.03 bits per heavy atom. The lowest BCUT2D eigenvalue weighted by atomic mass is 9.90. The van der Waals surface area contributed by atoms with Crippen molar-refractivity contribution in [3.8, 4) is 0 Å². The Hall–Kier alpha value is -2.66. The maximum absolute atomic E-state index is 15.0. The van der Waals surface area contributed by atoms with Crippen LogP contribution in [0.15, 0.2) is 47.2 Å². The van der Waals surface area contributed by atoms with E-state index in [1.165, 1.54) is 25.1 Å². The molecule has 0 amide bonds. The van der Waals surface area contributed by atoms with E-state index in [4.69, 9.17) is 5.41 Å². The molecule has 1 aromatic carbocycles. The second-order valence-electron chi connectivity index (χ2n) is 9.09. The normalized spacial score (nSPS) is 26.3. The minimum atomic E-state index is -4.07. The highest BCUT2D eigenvalue weighted by molar-refractivity contribution is 9.10. The average molecular weight is 550 g/mol. The van der Waals surface area contributed by atoms with Crippen molar-refractivity contribution in [3.05, 3.63) is 58.6 Å². The van der Waals surface area contributed by atoms with Crippen molar-refractivity contribution in [2.24, 2.45) is 5.92 Å². The molecular formula is C23H22BrF2N5O2S. The number of pyridine rings is 2. The van der Waals surface area contributed by atoms with Gasteiger partial charge in [-0.3, -0.25) is 10.4 Å². The van der Waals surface area contributed by atoms with Gasteiger partial charge in [-0.05, 0) is 71.9 Å². The summed E-state index contributed by atoms with van der Waals surface area (Å²) < 4.78 is 54.7. The summed E-state index contributed by atoms with van der Waals surface area (Å²) in [5, 5.41) is 15.3. The summed E-state index contributed by atoms with van der Waals surface area (Å²) >= 11 is 3.39. The van der Waals surface area contributed by atoms with E-state index in [1.807, 2.05) is 12.1 Å². The minimum Gasteiger partial charge on any atom is -0.362 e. The van der Waals surface area contributed by atoms with E-state index >= 15 is 4.39 Å². The lowest BCUT2D eigenvalue weighted by Crippen LogP contribution is -2.68. The number of aromatic nitrogens is 2. The quantitative estimate of drug-likeness (QED) is 0.429. The molecule has 3 N–H and O–H groups in total. The lowest BCUT2D eigenvalue weighted by molar-refractivity contribution is 0.358. The molecule has 2 aliphatic rings. The number of anilines is 2. The first kappa shape index (κ1) is 23.1. The zero-order valence-electron chi connectivity index (χ0n) is 18.2. The van der Waals surface area contributed by atoms with Crippen LogP contribution in [0, 0.1) is 17.1 Å². The van der Waals surface area contributed by atoms with Crippen LogP contribution < -0.4 is 10.6 Å². The summed E-state index contributed by atoms with van der Waals surface area (Å²) in [6.45, 7) is 0.355. The summed E-state index contributed by atoms with van der Waals surface area (Å²) in [6.07, 6.45) is 4.38. The third kappa shape index (κ3) is 3.56. The van der Waals surface area contributed by atoms with E-state index in [0.717, 1.165) is 9.86 Å². The standard InChI is InChI=1S/C23H22BrF2N5O2S/c1-22(12-34(32,33)23(11-25,14-2-3-14)21(27)31-22)17-9-16(4-5-18(17)26)30-20-19-13(6-7-28-20)8-15(24)10-29-19/h4-10,14H,2-3,11-12H2,1H3,(H2,27,31)(H,28,30)/t22-,23-/m0/s1. The summed E-state index contributed by atoms with van der Waals surface area (Å²) in [7, 11) is -4.07. The maximum Gasteiger partial charge on any atom is 0.168 e. The van der Waals surface area contributed by atoms with Crippen LogP contribution in [0.4, 0.5) is 20.3 Å². The van der Waals surface area contributed by atoms with Crippen molar-refractivity contribution in [3.63, 3.8) is 0 Å². The number of benzene rings is 1. The Balaban J connectivity index is 1.52. The van der Waals surface area contributed by atoms with E-state index in [1.54, 1.807) is 12.4 Å². The summed E-state index contributed by atoms with van der Waals surface area (Å²) in [5.74, 6) is -1.53. The van der Waals surface area contributed by atoms with Crippen LogP contribution in [0.5, 0.6) is 0 Å². The molecule has 3 heterocycles. The fourth-order valence-electron chi connectivity index (χ4n) is 4.78. The van der Waals surface area contributed by atoms with Gasteiger partial charge in [0.15, 0.2) is 20.4 Å². The predicted molar refractivity (Wildman–Crippen MR) is 130 cm³/mol. The van der Waals surface area contributed by atoms with Crippen molar-refractivity contribution in [1.82, 2.24) is 15.3 Å². The number of halogens is 3. The Morgan fingerprint density at radius 1 is 1.26 bits per heavy atom. The van der Waals surface area contributed by atoms with Crippen LogP contribution in [-0.2, 0) is 15.4 Å². The molecule has 2 aromatic heterocycles. The molecule has 2 atom stereocenters. The van der Waals surface area contributed by atoms with Gasteiger partial charge in [-0.25, -0.2) is 22.2 Å². The number of rotatable bonds is 5. The zero-order chi connectivity index (χ0) is 24.3. The van der Waals surface area contributed by atoms with Crippen LogP contribution in [0.1, 0.15) is 25.3 Å². The molecule has 2 fully saturated rings. The molecule has 1 aliphatic heterocycles. The van der Waals surface area contributed by atoms with Crippen LogP contribution in [0.3, 0.4) is 0 Å². The molecule has 0 radical (unpaired) electrons. The number of nitrogens with one attached hydrogen (secondary N) is 3. The molecule has 1 saturated carbocycles. The van der Waals surface area contributed by atoms with E-state index in [-0.39, 0.29) is 5.56 Å². The van der Waals surface area contributed by atoms with Gasteiger partial charge < -0.3 is 10.6 Å². The van der Waals surface area contributed by atoms with Crippen molar-refractivity contribution in [2.45, 2.75) is 30.1 Å². The summed E-state index contributed by atoms with van der Waals surface area (Å²) in [4.78, 5) is 8.73. The summed E-state index contributed by atoms with van der Waals surface area (Å²) in [5.41, 5.74) is -0.303. The van der Waals surface area contributed by atoms with Crippen LogP contribution in [0.2, 0.25) is 0 Å². The third-order valence-corrected chi connectivity index (χ3v) is 9.83. The lowest BCUT2D eigenvalue weighted by Gasteiger charge is -2.45. The highest BCUT2D eigenvalue weighted by Crippen LogP contribution is 2.49. The van der Waals surface area contributed by atoms with Crippen molar-refractivity contribution in [1.29, 1.82) is 5.41 Å². The first-order valence-electron chi connectivity index (χ1n) is 10.7. The van der Waals surface area contributed by atoms with Crippen LogP contribution in [-0.4, -0.2) is 41.4 Å². The number of alkyl halides is 1. The van der Waals surface area contributed by atoms with Crippen molar-refractivity contribution >= 4 is 54.0 Å². The molecule has 0 bridgehead atoms. The van der Waals surface area contributed by atoms with Gasteiger partial charge in [0.2, 0.25) is 0 Å². The molecule has 3 aromatic rings. The Labute approximate surface area is 203 Å². The second-order valence-corrected chi connectivity index (χ2v) is 12.3. The molecule has 178 valence electrons. The Kier molecular flexibility index (Phi) is 5.40. The fraction of sp³-hybridized carbons (Fsp3) is 0.348. The number of fused-ring (bicyclic) bond motifs is 1. The van der Waals surface area contributed by atoms with E-state index < -0.39 is 50.1 Å². The molecule has 0 unspecified atom stereocenters. The van der Waals surface area contributed by atoms with Gasteiger partial charge in [0, 0.05) is 33.5 Å². The van der Waals surface area contributed by atoms with Gasteiger partial charge in [0.1, 0.15) is 23.8 Å². The third-order valence-electron chi connectivity index (χ3n) is 6.68. The molecule has 7 nitrogen and oxygen atoms in total. The first-order chi connectivity index (χ1) is 16.1. The van der Waals surface area contributed by atoms with Gasteiger partial charge >= 0.3 is 0 Å². The van der Waals surface area contributed by atoms with E-state index in [9.17, 15) is 12.8 Å². The molecule has 1 saturated heterocycles. The topological polar surface area (TPSA) is 108 Å². The van der Waals surface area contributed by atoms with Gasteiger partial charge in [-0.1, -0.05) is 0 Å². The van der Waals surface area contributed by atoms with Gasteiger partial charge in [0.25, 0.3) is 0 Å². The Bertz CT molecular complexity index is 1430. The molecule has 34 heavy (non-hydrogen) atoms. The number of nitrogens with zero attached hydrogens (tertiary/aromatic N) is 2. The first-order valence-corrected chi connectivity index (χ1v) is 13.2. The number of sulfone groups is 1. The van der Waals surface area contributed by atoms with Crippen LogP contribution in [0.25, 0.3) is 10.9 Å². The van der Waals surface area contributed by atoms with E-state index in [0.29, 0.717) is 29.9 Å². The second kappa shape index (κ2) is 7.94. The molecule has 5 rings (SSSR count). The number of hydrogen-bond donors (Lipinski definition) is 3. The van der Waals surface area contributed by atoms with E-state index in [2.05, 4.69) is 36.5 Å². The molecule has 11 heteroatoms. The fourth-order valence-corrected chi connectivity index (χ4v) is 7.65. The zero-order valence-corrected chi connectivity index (χ0v) is 20.6. The van der Waals surface area contributed by atoms with Crippen molar-refractivity contribution < 1.29 is 17.2 Å². The monoisotopic (exact) mass is 549 g/mol. The van der Waals surface area contributed by atoms with Gasteiger partial charge in [0.05, 0.1) is 11.3 Å². The SMILES string of the molecule is C[C@@]1(c2cc(Nc3nccc4cc(Br)cnc34)ccc2F)CS(=O)(=O)[C@@](CF)(C2CC2)C(=N)N1. The highest BCUT2D eigenvalue weighted by Gasteiger charge is 2.63. The molecular weight excluding hydrogens is 528 g/mol. The average Bonchev–Trinajstić information content (AvgIpc) is 3.60. The van der Waals surface area contributed by atoms with Gasteiger partial charge in [-0.15, -0.1) is 0 Å². The molecule has 0 spiro atoms. The highest BCUT2D eigenvalue weighted by atomic mass is 79.9. The van der Waals surface area contributed by atoms with Crippen molar-refractivity contribution in [2.75, 3.05) is 17.7 Å². The Morgan fingerprint density at radius 3 is 2.71 bits per heavy atom. The van der Waals surface area contributed by atoms with Gasteiger partial charge in [-0.2, -0.15) is 0 Å². The minimum absolute atomic E-state index is 0.0602. The predicted octanol–water partition coefficient (Wildman–Crippen LogP) is 4.60. The largest absolute Gasteiger partial charge is 0.362 e. The van der Waals surface area contributed by atoms with Crippen LogP contribution >= 0.6 is 15.9 Å². The number of hydrogen-bond acceptors (Lipinski definition) is 6. The number of amidine groups is 1. The molecule has 1 aliphatic carbocycles. The maximum atomic E-state index is 15.0.